The van der Waals surface area contributed by atoms with Crippen LogP contribution in [0.4, 0.5) is 34.1 Å². The Hall–Kier alpha value is -5.30. The van der Waals surface area contributed by atoms with Crippen LogP contribution in [-0.2, 0) is 26.5 Å². The molecule has 0 atom stereocenters. The van der Waals surface area contributed by atoms with E-state index >= 15 is 0 Å². The quantitative estimate of drug-likeness (QED) is 0.0715. The minimum Gasteiger partial charge on any atom is -0.311 e. The number of benzene rings is 6. The molecule has 0 amide bonds. The average molecular weight is 913 g/mol. The van der Waals surface area contributed by atoms with Crippen molar-refractivity contribution in [2.24, 2.45) is 0 Å². The molecule has 0 radical (unpaired) electrons. The van der Waals surface area contributed by atoms with Crippen molar-refractivity contribution in [1.82, 2.24) is 0 Å². The summed E-state index contributed by atoms with van der Waals surface area (Å²) in [4.78, 5) is 4.41. The SMILES string of the molecule is CCC(C)(CC)c1ccc(N(c2ccc(C(C)(C)C#N)cc2)c2ccc(C(CC)(CC)C(CC)(CC)c3ccc(N(c4ccc(C(Cl)(CC)CC)cc4)c4ccc(C)cc4C)cc3)cc2)cc1. The molecule has 0 aliphatic carbocycles. The Kier molecular flexibility index (Phi) is 16.0. The van der Waals surface area contributed by atoms with Gasteiger partial charge in [0, 0.05) is 45.0 Å². The molecule has 0 unspecified atom stereocenters. The van der Waals surface area contributed by atoms with Crippen LogP contribution in [0.5, 0.6) is 0 Å². The van der Waals surface area contributed by atoms with Gasteiger partial charge in [-0.3, -0.25) is 0 Å². The van der Waals surface area contributed by atoms with Crippen molar-refractivity contribution in [1.29, 1.82) is 5.26 Å². The van der Waals surface area contributed by atoms with Crippen molar-refractivity contribution < 1.29 is 0 Å². The number of alkyl halides is 1. The highest BCUT2D eigenvalue weighted by molar-refractivity contribution is 6.24. The van der Waals surface area contributed by atoms with Gasteiger partial charge in [0.1, 0.15) is 0 Å². The molecule has 6 aromatic rings. The maximum absolute atomic E-state index is 9.92. The first-order valence-electron chi connectivity index (χ1n) is 25.3. The molecule has 0 aromatic heterocycles. The third kappa shape index (κ3) is 9.59. The van der Waals surface area contributed by atoms with E-state index in [1.807, 2.05) is 13.8 Å². The standard InChI is InChI=1S/C63H78ClN3/c1-14-60(13,15-2)49-25-35-54(36-26-49)66(53-33-23-48(24-34-53)59(11,12)45-65)55-37-27-50(28-38-55)61(16-3,17-4)62(18-5,19-6)51-29-39-56(40-30-51)67(58-43-22-46(9)44-47(58)10)57-41-31-52(32-42-57)63(64,20-7)21-8/h22-44H,14-21H2,1-13H3. The Morgan fingerprint density at radius 1 is 0.418 bits per heavy atom. The lowest BCUT2D eigenvalue weighted by Crippen LogP contribution is -2.48. The molecule has 0 saturated heterocycles. The summed E-state index contributed by atoms with van der Waals surface area (Å²) in [6, 6.07) is 55.0. The predicted molar refractivity (Wildman–Crippen MR) is 291 cm³/mol. The van der Waals surface area contributed by atoms with Gasteiger partial charge in [0.15, 0.2) is 0 Å². The highest BCUT2D eigenvalue weighted by Crippen LogP contribution is 2.54. The fourth-order valence-electron chi connectivity index (χ4n) is 11.3. The number of halogens is 1. The molecule has 0 aliphatic heterocycles. The van der Waals surface area contributed by atoms with Crippen LogP contribution >= 0.6 is 11.6 Å². The second-order valence-electron chi connectivity index (χ2n) is 20.0. The number of hydrogen-bond acceptors (Lipinski definition) is 3. The summed E-state index contributed by atoms with van der Waals surface area (Å²) in [5, 5.41) is 9.92. The van der Waals surface area contributed by atoms with Crippen LogP contribution in [0.1, 0.15) is 166 Å². The Morgan fingerprint density at radius 2 is 0.761 bits per heavy atom. The number of aryl methyl sites for hydroxylation is 2. The topological polar surface area (TPSA) is 30.3 Å². The van der Waals surface area contributed by atoms with E-state index in [-0.39, 0.29) is 21.1 Å². The number of hydrogen-bond donors (Lipinski definition) is 0. The van der Waals surface area contributed by atoms with Gasteiger partial charge in [0.2, 0.25) is 0 Å². The van der Waals surface area contributed by atoms with Crippen molar-refractivity contribution in [3.05, 3.63) is 178 Å². The van der Waals surface area contributed by atoms with Gasteiger partial charge in [-0.2, -0.15) is 5.26 Å². The largest absolute Gasteiger partial charge is 0.311 e. The van der Waals surface area contributed by atoms with E-state index in [2.05, 4.69) is 232 Å². The molecule has 0 saturated carbocycles. The zero-order chi connectivity index (χ0) is 48.8. The molecule has 0 fully saturated rings. The molecular formula is C63H78ClN3. The molecule has 352 valence electrons. The maximum atomic E-state index is 9.92. The first-order valence-corrected chi connectivity index (χ1v) is 25.7. The van der Waals surface area contributed by atoms with Crippen LogP contribution in [0, 0.1) is 25.2 Å². The third-order valence-corrected chi connectivity index (χ3v) is 17.3. The van der Waals surface area contributed by atoms with Crippen molar-refractivity contribution in [2.75, 3.05) is 9.80 Å². The Balaban J connectivity index is 1.43. The lowest BCUT2D eigenvalue weighted by atomic mass is 9.52. The minimum absolute atomic E-state index is 0.114. The van der Waals surface area contributed by atoms with Crippen LogP contribution in [-0.4, -0.2) is 0 Å². The second-order valence-corrected chi connectivity index (χ2v) is 20.7. The summed E-state index contributed by atoms with van der Waals surface area (Å²) in [6.45, 7) is 29.2. The van der Waals surface area contributed by atoms with Crippen LogP contribution in [0.3, 0.4) is 0 Å². The maximum Gasteiger partial charge on any atom is 0.0766 e. The summed E-state index contributed by atoms with van der Waals surface area (Å²) in [5.41, 5.74) is 14.9. The lowest BCUT2D eigenvalue weighted by Gasteiger charge is -2.51. The third-order valence-electron chi connectivity index (χ3n) is 16.6. The summed E-state index contributed by atoms with van der Waals surface area (Å²) < 4.78 is 0. The first kappa shape index (κ1) is 51.1. The van der Waals surface area contributed by atoms with E-state index in [1.54, 1.807) is 0 Å². The average Bonchev–Trinajstić information content (AvgIpc) is 3.37. The van der Waals surface area contributed by atoms with E-state index in [1.165, 1.54) is 39.1 Å². The van der Waals surface area contributed by atoms with Crippen molar-refractivity contribution in [2.45, 2.75) is 168 Å². The van der Waals surface area contributed by atoms with Gasteiger partial charge in [0.25, 0.3) is 0 Å². The van der Waals surface area contributed by atoms with Crippen LogP contribution in [0.2, 0.25) is 0 Å². The molecule has 0 bridgehead atoms. The highest BCUT2D eigenvalue weighted by Gasteiger charge is 2.49. The number of nitrogens with zero attached hydrogens (tertiary/aromatic N) is 3. The minimum atomic E-state index is -0.570. The highest BCUT2D eigenvalue weighted by atomic mass is 35.5. The number of anilines is 6. The molecule has 0 aliphatic rings. The van der Waals surface area contributed by atoms with Crippen molar-refractivity contribution >= 4 is 45.7 Å². The molecule has 3 nitrogen and oxygen atoms in total. The fourth-order valence-corrected chi connectivity index (χ4v) is 11.5. The predicted octanol–water partition coefficient (Wildman–Crippen LogP) is 19.2. The molecular weight excluding hydrogens is 834 g/mol. The molecule has 0 N–H and O–H groups in total. The zero-order valence-electron chi connectivity index (χ0n) is 43.2. The Labute approximate surface area is 411 Å². The summed E-state index contributed by atoms with van der Waals surface area (Å²) in [5.74, 6) is 0. The monoisotopic (exact) mass is 912 g/mol. The van der Waals surface area contributed by atoms with Gasteiger partial charge in [-0.1, -0.05) is 141 Å². The zero-order valence-corrected chi connectivity index (χ0v) is 43.9. The normalized spacial score (nSPS) is 12.5. The Morgan fingerprint density at radius 3 is 1.09 bits per heavy atom. The first-order chi connectivity index (χ1) is 32.0. The van der Waals surface area contributed by atoms with Gasteiger partial charge < -0.3 is 9.80 Å². The summed E-state index contributed by atoms with van der Waals surface area (Å²) in [7, 11) is 0. The van der Waals surface area contributed by atoms with E-state index in [4.69, 9.17) is 11.6 Å². The van der Waals surface area contributed by atoms with Gasteiger partial charge >= 0.3 is 0 Å². The molecule has 67 heavy (non-hydrogen) atoms. The molecule has 6 aromatic carbocycles. The summed E-state index contributed by atoms with van der Waals surface area (Å²) >= 11 is 7.13. The van der Waals surface area contributed by atoms with E-state index in [9.17, 15) is 5.26 Å². The van der Waals surface area contributed by atoms with Gasteiger partial charge in [0.05, 0.1) is 16.4 Å². The van der Waals surface area contributed by atoms with Gasteiger partial charge in [-0.05, 0) is 185 Å². The molecule has 4 heteroatoms. The molecule has 0 spiro atoms. The molecule has 6 rings (SSSR count). The number of nitriles is 1. The van der Waals surface area contributed by atoms with E-state index < -0.39 is 5.41 Å². The van der Waals surface area contributed by atoms with Crippen LogP contribution in [0.15, 0.2) is 140 Å². The lowest BCUT2D eigenvalue weighted by molar-refractivity contribution is 0.177. The van der Waals surface area contributed by atoms with Crippen molar-refractivity contribution in [3.8, 4) is 6.07 Å². The van der Waals surface area contributed by atoms with E-state index in [0.29, 0.717) is 0 Å². The smallest absolute Gasteiger partial charge is 0.0766 e. The fraction of sp³-hybridized carbons (Fsp3) is 0.413. The van der Waals surface area contributed by atoms with Gasteiger partial charge in [-0.25, -0.2) is 0 Å². The Bertz CT molecular complexity index is 2560. The van der Waals surface area contributed by atoms with Crippen LogP contribution < -0.4 is 9.80 Å². The van der Waals surface area contributed by atoms with E-state index in [0.717, 1.165) is 85.4 Å². The van der Waals surface area contributed by atoms with Crippen molar-refractivity contribution in [3.63, 3.8) is 0 Å². The van der Waals surface area contributed by atoms with Gasteiger partial charge in [-0.15, -0.1) is 11.6 Å². The summed E-state index contributed by atoms with van der Waals surface area (Å²) in [6.07, 6.45) is 8.01. The molecule has 0 heterocycles. The number of rotatable bonds is 20. The van der Waals surface area contributed by atoms with Crippen LogP contribution in [0.25, 0.3) is 0 Å². The second kappa shape index (κ2) is 20.9.